The maximum Gasteiger partial charge on any atom is 0.315 e. The van der Waals surface area contributed by atoms with E-state index in [1.807, 2.05) is 55.0 Å². The summed E-state index contributed by atoms with van der Waals surface area (Å²) in [6, 6.07) is 24.4. The Bertz CT molecular complexity index is 1140. The highest BCUT2D eigenvalue weighted by atomic mass is 32.2. The Hall–Kier alpha value is -3.25. The van der Waals surface area contributed by atoms with Gasteiger partial charge in [0.1, 0.15) is 0 Å². The second-order valence-corrected chi connectivity index (χ2v) is 7.95. The molecule has 30 heavy (non-hydrogen) atoms. The fourth-order valence-corrected chi connectivity index (χ4v) is 3.75. The van der Waals surface area contributed by atoms with Crippen LogP contribution in [0.2, 0.25) is 0 Å². The Morgan fingerprint density at radius 2 is 1.63 bits per heavy atom. The van der Waals surface area contributed by atoms with Crippen LogP contribution in [0.1, 0.15) is 16.7 Å². The number of hydrogen-bond donors (Lipinski definition) is 2. The summed E-state index contributed by atoms with van der Waals surface area (Å²) in [4.78, 5) is 17.8. The van der Waals surface area contributed by atoms with Gasteiger partial charge in [-0.05, 0) is 47.2 Å². The molecule has 0 atom stereocenters. The van der Waals surface area contributed by atoms with Gasteiger partial charge in [-0.2, -0.15) is 0 Å². The molecule has 0 aliphatic carbocycles. The number of amides is 2. The first kappa shape index (κ1) is 20.0. The van der Waals surface area contributed by atoms with E-state index in [2.05, 4.69) is 50.5 Å². The second kappa shape index (κ2) is 9.50. The molecule has 2 amide bonds. The number of aromatic nitrogens is 2. The lowest BCUT2D eigenvalue weighted by Crippen LogP contribution is -2.34. The minimum atomic E-state index is -0.171. The summed E-state index contributed by atoms with van der Waals surface area (Å²) in [5.74, 6) is 0. The van der Waals surface area contributed by atoms with Gasteiger partial charge in [0.2, 0.25) is 0 Å². The first-order chi connectivity index (χ1) is 14.7. The summed E-state index contributed by atoms with van der Waals surface area (Å²) in [5.41, 5.74) is 5.43. The van der Waals surface area contributed by atoms with E-state index in [1.165, 1.54) is 10.5 Å². The smallest absolute Gasteiger partial charge is 0.315 e. The maximum absolute atomic E-state index is 12.2. The summed E-state index contributed by atoms with van der Waals surface area (Å²) < 4.78 is 2.14. The van der Waals surface area contributed by atoms with E-state index in [-0.39, 0.29) is 6.03 Å². The molecule has 0 aliphatic heterocycles. The third kappa shape index (κ3) is 5.02. The Labute approximate surface area is 180 Å². The van der Waals surface area contributed by atoms with Gasteiger partial charge in [0, 0.05) is 24.5 Å². The molecular weight excluding hydrogens is 392 g/mol. The highest BCUT2D eigenvalue weighted by Gasteiger charge is 2.05. The van der Waals surface area contributed by atoms with Gasteiger partial charge in [-0.15, -0.1) is 11.8 Å². The number of rotatable bonds is 7. The van der Waals surface area contributed by atoms with Crippen molar-refractivity contribution in [1.29, 1.82) is 0 Å². The van der Waals surface area contributed by atoms with Crippen LogP contribution in [-0.4, -0.2) is 21.8 Å². The minimum absolute atomic E-state index is 0.171. The molecule has 0 bridgehead atoms. The van der Waals surface area contributed by atoms with Gasteiger partial charge in [0.05, 0.1) is 17.4 Å². The first-order valence-corrected chi connectivity index (χ1v) is 11.1. The number of urea groups is 1. The molecule has 3 aromatic carbocycles. The van der Waals surface area contributed by atoms with Crippen molar-refractivity contribution in [2.24, 2.45) is 0 Å². The van der Waals surface area contributed by atoms with Crippen molar-refractivity contribution in [3.05, 3.63) is 95.8 Å². The lowest BCUT2D eigenvalue weighted by Gasteiger charge is -2.10. The zero-order valence-corrected chi connectivity index (χ0v) is 17.7. The zero-order chi connectivity index (χ0) is 20.8. The van der Waals surface area contributed by atoms with Crippen LogP contribution >= 0.6 is 11.8 Å². The number of thioether (sulfide) groups is 1. The maximum atomic E-state index is 12.2. The van der Waals surface area contributed by atoms with Crippen LogP contribution in [0.4, 0.5) is 4.79 Å². The Balaban J connectivity index is 1.31. The van der Waals surface area contributed by atoms with Crippen LogP contribution in [0.3, 0.4) is 0 Å². The average molecular weight is 417 g/mol. The minimum Gasteiger partial charge on any atom is -0.334 e. The van der Waals surface area contributed by atoms with E-state index in [0.29, 0.717) is 13.1 Å². The molecule has 0 unspecified atom stereocenters. The van der Waals surface area contributed by atoms with Gasteiger partial charge < -0.3 is 15.2 Å². The van der Waals surface area contributed by atoms with Crippen LogP contribution < -0.4 is 10.6 Å². The van der Waals surface area contributed by atoms with Crippen LogP contribution in [0.25, 0.3) is 11.0 Å². The number of nitrogens with zero attached hydrogens (tertiary/aromatic N) is 2. The SMILES string of the molecule is CSc1ccc(CNC(=O)NCc2cccc(Cn3cnc4ccccc43)c2)cc1. The largest absolute Gasteiger partial charge is 0.334 e. The van der Waals surface area contributed by atoms with Crippen molar-refractivity contribution >= 4 is 28.8 Å². The second-order valence-electron chi connectivity index (χ2n) is 7.07. The number of fused-ring (bicyclic) bond motifs is 1. The van der Waals surface area contributed by atoms with Gasteiger partial charge in [-0.3, -0.25) is 0 Å². The Kier molecular flexibility index (Phi) is 6.35. The lowest BCUT2D eigenvalue weighted by molar-refractivity contribution is 0.240. The fraction of sp³-hybridized carbons (Fsp3) is 0.167. The van der Waals surface area contributed by atoms with Crippen LogP contribution in [0.15, 0.2) is 84.0 Å². The molecule has 0 radical (unpaired) electrons. The van der Waals surface area contributed by atoms with E-state index >= 15 is 0 Å². The highest BCUT2D eigenvalue weighted by Crippen LogP contribution is 2.16. The number of imidazole rings is 1. The predicted molar refractivity (Wildman–Crippen MR) is 123 cm³/mol. The van der Waals surface area contributed by atoms with Crippen molar-refractivity contribution in [3.8, 4) is 0 Å². The molecule has 0 saturated carbocycles. The summed E-state index contributed by atoms with van der Waals surface area (Å²) in [6.45, 7) is 1.73. The number of hydrogen-bond acceptors (Lipinski definition) is 3. The molecule has 0 fully saturated rings. The highest BCUT2D eigenvalue weighted by molar-refractivity contribution is 7.98. The molecule has 1 aromatic heterocycles. The van der Waals surface area contributed by atoms with E-state index in [0.717, 1.165) is 28.7 Å². The summed E-state index contributed by atoms with van der Waals surface area (Å²) in [7, 11) is 0. The molecule has 5 nitrogen and oxygen atoms in total. The normalized spacial score (nSPS) is 10.8. The summed E-state index contributed by atoms with van der Waals surface area (Å²) >= 11 is 1.71. The van der Waals surface area contributed by atoms with Crippen molar-refractivity contribution in [2.45, 2.75) is 24.5 Å². The molecule has 1 heterocycles. The third-order valence-electron chi connectivity index (χ3n) is 4.94. The van der Waals surface area contributed by atoms with Crippen LogP contribution in [-0.2, 0) is 19.6 Å². The zero-order valence-electron chi connectivity index (χ0n) is 16.8. The van der Waals surface area contributed by atoms with Crippen LogP contribution in [0, 0.1) is 0 Å². The quantitative estimate of drug-likeness (QED) is 0.425. The van der Waals surface area contributed by atoms with Gasteiger partial charge >= 0.3 is 6.03 Å². The summed E-state index contributed by atoms with van der Waals surface area (Å²) in [6.07, 6.45) is 3.92. The van der Waals surface area contributed by atoms with E-state index in [1.54, 1.807) is 11.8 Å². The fourth-order valence-electron chi connectivity index (χ4n) is 3.34. The molecule has 0 spiro atoms. The van der Waals surface area contributed by atoms with Gasteiger partial charge in [-0.25, -0.2) is 9.78 Å². The monoisotopic (exact) mass is 416 g/mol. The van der Waals surface area contributed by atoms with E-state index in [4.69, 9.17) is 0 Å². The topological polar surface area (TPSA) is 59.0 Å². The number of carbonyl (C=O) groups is 1. The number of nitrogens with one attached hydrogen (secondary N) is 2. The number of para-hydroxylation sites is 2. The standard InChI is InChI=1S/C24H24N4OS/c1-30-21-11-9-18(10-12-21)14-25-24(29)26-15-19-5-4-6-20(13-19)16-28-17-27-22-7-2-3-8-23(22)28/h2-13,17H,14-16H2,1H3,(H2,25,26,29). The molecular formula is C24H24N4OS. The van der Waals surface area contributed by atoms with Gasteiger partial charge in [-0.1, -0.05) is 48.5 Å². The Morgan fingerprint density at radius 3 is 2.43 bits per heavy atom. The van der Waals surface area contributed by atoms with E-state index < -0.39 is 0 Å². The predicted octanol–water partition coefficient (Wildman–Crippen LogP) is 4.81. The molecule has 4 rings (SSSR count). The van der Waals surface area contributed by atoms with Gasteiger partial charge in [0.15, 0.2) is 0 Å². The third-order valence-corrected chi connectivity index (χ3v) is 5.68. The molecule has 2 N–H and O–H groups in total. The molecule has 6 heteroatoms. The number of carbonyl (C=O) groups excluding carboxylic acids is 1. The van der Waals surface area contributed by atoms with Crippen molar-refractivity contribution < 1.29 is 4.79 Å². The van der Waals surface area contributed by atoms with Crippen molar-refractivity contribution in [3.63, 3.8) is 0 Å². The molecule has 4 aromatic rings. The van der Waals surface area contributed by atoms with Crippen molar-refractivity contribution in [1.82, 2.24) is 20.2 Å². The van der Waals surface area contributed by atoms with Crippen molar-refractivity contribution in [2.75, 3.05) is 6.26 Å². The van der Waals surface area contributed by atoms with E-state index in [9.17, 15) is 4.79 Å². The summed E-state index contributed by atoms with van der Waals surface area (Å²) in [5, 5.41) is 5.84. The lowest BCUT2D eigenvalue weighted by atomic mass is 10.1. The molecule has 152 valence electrons. The number of benzene rings is 3. The molecule has 0 saturated heterocycles. The van der Waals surface area contributed by atoms with Crippen LogP contribution in [0.5, 0.6) is 0 Å². The average Bonchev–Trinajstić information content (AvgIpc) is 3.20. The molecule has 0 aliphatic rings. The first-order valence-electron chi connectivity index (χ1n) is 9.83. The Morgan fingerprint density at radius 1 is 0.900 bits per heavy atom. The van der Waals surface area contributed by atoms with Gasteiger partial charge in [0.25, 0.3) is 0 Å².